The number of pyridine rings is 1. The molecule has 0 radical (unpaired) electrons. The van der Waals surface area contributed by atoms with E-state index in [1.165, 1.54) is 5.56 Å². The number of fused-ring (bicyclic) bond motifs is 1. The van der Waals surface area contributed by atoms with Gasteiger partial charge in [-0.05, 0) is 30.0 Å². The second-order valence-corrected chi connectivity index (χ2v) is 6.92. The van der Waals surface area contributed by atoms with Crippen molar-refractivity contribution in [1.29, 1.82) is 0 Å². The largest absolute Gasteiger partial charge is 0.382 e. The van der Waals surface area contributed by atoms with Gasteiger partial charge in [-0.2, -0.15) is 0 Å². The Hall–Kier alpha value is -2.75. The van der Waals surface area contributed by atoms with Crippen molar-refractivity contribution in [3.8, 4) is 0 Å². The van der Waals surface area contributed by atoms with E-state index < -0.39 is 0 Å². The molecule has 3 rings (SSSR count). The zero-order valence-electron chi connectivity index (χ0n) is 15.0. The Kier molecular flexibility index (Phi) is 5.08. The smallest absolute Gasteiger partial charge is 0.0673 e. The molecule has 1 aromatic heterocycles. The van der Waals surface area contributed by atoms with Gasteiger partial charge >= 0.3 is 0 Å². The Bertz CT molecular complexity index is 792. The van der Waals surface area contributed by atoms with Crippen molar-refractivity contribution in [2.75, 3.05) is 22.5 Å². The summed E-state index contributed by atoms with van der Waals surface area (Å²) in [5.74, 6) is 0.605. The number of anilines is 3. The van der Waals surface area contributed by atoms with Crippen LogP contribution < -0.4 is 16.0 Å². The summed E-state index contributed by atoms with van der Waals surface area (Å²) < 4.78 is 0. The van der Waals surface area contributed by atoms with Crippen LogP contribution in [0.25, 0.3) is 5.70 Å². The second-order valence-electron chi connectivity index (χ2n) is 6.92. The number of nitrogens with zero attached hydrogens (tertiary/aromatic N) is 1. The van der Waals surface area contributed by atoms with Gasteiger partial charge in [0.2, 0.25) is 0 Å². The summed E-state index contributed by atoms with van der Waals surface area (Å²) in [4.78, 5) is 4.35. The van der Waals surface area contributed by atoms with Crippen molar-refractivity contribution in [2.24, 2.45) is 5.92 Å². The molecule has 0 saturated heterocycles. The van der Waals surface area contributed by atoms with Gasteiger partial charge in [0, 0.05) is 36.1 Å². The third kappa shape index (κ3) is 4.21. The lowest BCUT2D eigenvalue weighted by Gasteiger charge is -2.17. The predicted octanol–water partition coefficient (Wildman–Crippen LogP) is 5.10. The van der Waals surface area contributed by atoms with Crippen LogP contribution in [-0.4, -0.2) is 11.5 Å². The van der Waals surface area contributed by atoms with Crippen LogP contribution in [0.2, 0.25) is 0 Å². The topological polar surface area (TPSA) is 49.0 Å². The molecule has 1 aliphatic heterocycles. The van der Waals surface area contributed by atoms with Gasteiger partial charge in [0.15, 0.2) is 0 Å². The minimum atomic E-state index is 0.605. The molecular formula is C21H26N4. The fourth-order valence-corrected chi connectivity index (χ4v) is 3.07. The maximum Gasteiger partial charge on any atom is 0.0673 e. The summed E-state index contributed by atoms with van der Waals surface area (Å²) >= 11 is 0. The molecule has 0 saturated carbocycles. The number of para-hydroxylation sites is 1. The van der Waals surface area contributed by atoms with Crippen LogP contribution in [0.15, 0.2) is 55.5 Å². The monoisotopic (exact) mass is 334 g/mol. The number of nitrogens with one attached hydrogen (secondary N) is 3. The molecule has 2 heterocycles. The van der Waals surface area contributed by atoms with Crippen LogP contribution in [0.4, 0.5) is 17.1 Å². The highest BCUT2D eigenvalue weighted by molar-refractivity contribution is 5.88. The summed E-state index contributed by atoms with van der Waals surface area (Å²) in [7, 11) is 0. The standard InChI is InChI=1S/C21H26N4/c1-14(2)10-17-11-18(13-22-12-17)25-16(4)19-6-5-7-20-21(19)23-9-8-15(3)24-20/h5-7,11-14,23-25H,3-4,8-10H2,1-2H3. The minimum Gasteiger partial charge on any atom is -0.382 e. The average Bonchev–Trinajstić information content (AvgIpc) is 2.74. The lowest BCUT2D eigenvalue weighted by Crippen LogP contribution is -2.06. The normalized spacial score (nSPS) is 13.5. The molecule has 4 heteroatoms. The fraction of sp³-hybridized carbons (Fsp3) is 0.286. The molecule has 0 spiro atoms. The molecule has 4 nitrogen and oxygen atoms in total. The summed E-state index contributed by atoms with van der Waals surface area (Å²) in [6.07, 6.45) is 5.68. The number of aromatic nitrogens is 1. The molecule has 0 atom stereocenters. The maximum absolute atomic E-state index is 4.35. The van der Waals surface area contributed by atoms with Gasteiger partial charge in [0.25, 0.3) is 0 Å². The fourth-order valence-electron chi connectivity index (χ4n) is 3.07. The molecule has 2 aromatic rings. The van der Waals surface area contributed by atoms with Gasteiger partial charge in [-0.15, -0.1) is 0 Å². The SMILES string of the molecule is C=C1CCNc2c(cccc2C(=C)Nc2cncc(CC(C)C)c2)N1. The van der Waals surface area contributed by atoms with Crippen LogP contribution in [-0.2, 0) is 6.42 Å². The quantitative estimate of drug-likeness (QED) is 0.711. The Labute approximate surface area is 150 Å². The highest BCUT2D eigenvalue weighted by Gasteiger charge is 2.14. The third-order valence-electron chi connectivity index (χ3n) is 4.16. The number of hydrogen-bond acceptors (Lipinski definition) is 4. The lowest BCUT2D eigenvalue weighted by atomic mass is 10.0. The Morgan fingerprint density at radius 2 is 2.16 bits per heavy atom. The molecule has 3 N–H and O–H groups in total. The summed E-state index contributed by atoms with van der Waals surface area (Å²) in [6.45, 7) is 13.6. The van der Waals surface area contributed by atoms with Crippen molar-refractivity contribution in [2.45, 2.75) is 26.7 Å². The number of rotatable bonds is 5. The summed E-state index contributed by atoms with van der Waals surface area (Å²) in [6, 6.07) is 8.30. The Morgan fingerprint density at radius 1 is 1.32 bits per heavy atom. The van der Waals surface area contributed by atoms with Crippen LogP contribution in [0.3, 0.4) is 0 Å². The van der Waals surface area contributed by atoms with E-state index in [9.17, 15) is 0 Å². The molecular weight excluding hydrogens is 308 g/mol. The van der Waals surface area contributed by atoms with Gasteiger partial charge in [0.1, 0.15) is 0 Å². The average molecular weight is 334 g/mol. The van der Waals surface area contributed by atoms with Gasteiger partial charge < -0.3 is 16.0 Å². The zero-order valence-corrected chi connectivity index (χ0v) is 15.0. The van der Waals surface area contributed by atoms with E-state index in [1.807, 2.05) is 18.5 Å². The Balaban J connectivity index is 1.83. The molecule has 0 aliphatic carbocycles. The molecule has 0 fully saturated rings. The van der Waals surface area contributed by atoms with Gasteiger partial charge in [-0.3, -0.25) is 4.98 Å². The van der Waals surface area contributed by atoms with Gasteiger partial charge in [-0.25, -0.2) is 0 Å². The first-order valence-electron chi connectivity index (χ1n) is 8.75. The first-order valence-corrected chi connectivity index (χ1v) is 8.75. The third-order valence-corrected chi connectivity index (χ3v) is 4.16. The van der Waals surface area contributed by atoms with E-state index in [0.717, 1.165) is 53.4 Å². The molecule has 1 aliphatic rings. The molecule has 130 valence electrons. The van der Waals surface area contributed by atoms with Gasteiger partial charge in [0.05, 0.1) is 23.3 Å². The van der Waals surface area contributed by atoms with E-state index in [4.69, 9.17) is 0 Å². The van der Waals surface area contributed by atoms with Crippen LogP contribution in [0, 0.1) is 5.92 Å². The van der Waals surface area contributed by atoms with Gasteiger partial charge in [-0.1, -0.05) is 39.1 Å². The van der Waals surface area contributed by atoms with E-state index in [2.05, 4.69) is 66.1 Å². The van der Waals surface area contributed by atoms with Crippen molar-refractivity contribution < 1.29 is 0 Å². The van der Waals surface area contributed by atoms with Crippen molar-refractivity contribution in [3.63, 3.8) is 0 Å². The van der Waals surface area contributed by atoms with Crippen molar-refractivity contribution >= 4 is 22.8 Å². The van der Waals surface area contributed by atoms with E-state index >= 15 is 0 Å². The number of benzene rings is 1. The van der Waals surface area contributed by atoms with Crippen LogP contribution >= 0.6 is 0 Å². The second kappa shape index (κ2) is 7.43. The molecule has 1 aromatic carbocycles. The highest BCUT2D eigenvalue weighted by Crippen LogP contribution is 2.34. The summed E-state index contributed by atoms with van der Waals surface area (Å²) in [5, 5.41) is 10.3. The maximum atomic E-state index is 4.35. The van der Waals surface area contributed by atoms with Crippen molar-refractivity contribution in [3.05, 3.63) is 66.6 Å². The lowest BCUT2D eigenvalue weighted by molar-refractivity contribution is 0.646. The first kappa shape index (κ1) is 17.1. The predicted molar refractivity (Wildman–Crippen MR) is 108 cm³/mol. The molecule has 0 unspecified atom stereocenters. The summed E-state index contributed by atoms with van der Waals surface area (Å²) in [5.41, 5.74) is 7.21. The van der Waals surface area contributed by atoms with E-state index in [0.29, 0.717) is 5.92 Å². The molecule has 0 bridgehead atoms. The molecule has 25 heavy (non-hydrogen) atoms. The van der Waals surface area contributed by atoms with Crippen LogP contribution in [0.5, 0.6) is 0 Å². The Morgan fingerprint density at radius 3 is 2.96 bits per heavy atom. The minimum absolute atomic E-state index is 0.605. The van der Waals surface area contributed by atoms with E-state index in [1.54, 1.807) is 0 Å². The van der Waals surface area contributed by atoms with Crippen LogP contribution in [0.1, 0.15) is 31.4 Å². The highest BCUT2D eigenvalue weighted by atomic mass is 15.0. The zero-order chi connectivity index (χ0) is 17.8. The molecule has 0 amide bonds. The van der Waals surface area contributed by atoms with E-state index in [-0.39, 0.29) is 0 Å². The number of hydrogen-bond donors (Lipinski definition) is 3. The van der Waals surface area contributed by atoms with Crippen molar-refractivity contribution in [1.82, 2.24) is 4.98 Å². The first-order chi connectivity index (χ1) is 12.0.